The van der Waals surface area contributed by atoms with Gasteiger partial charge in [0.25, 0.3) is 5.56 Å². The van der Waals surface area contributed by atoms with Crippen LogP contribution in [0.2, 0.25) is 0 Å². The second kappa shape index (κ2) is 7.04. The van der Waals surface area contributed by atoms with Gasteiger partial charge in [0.15, 0.2) is 5.57 Å². The molecule has 0 aliphatic rings. The Labute approximate surface area is 154 Å². The quantitative estimate of drug-likeness (QED) is 0.681. The number of benzene rings is 1. The van der Waals surface area contributed by atoms with Crippen LogP contribution in [0.3, 0.4) is 0 Å². The fourth-order valence-corrected chi connectivity index (χ4v) is 4.25. The van der Waals surface area contributed by atoms with Crippen molar-refractivity contribution in [2.45, 2.75) is 6.92 Å². The molecule has 0 bridgehead atoms. The summed E-state index contributed by atoms with van der Waals surface area (Å²) in [5, 5.41) is 18.4. The van der Waals surface area contributed by atoms with E-state index in [0.717, 1.165) is 37.8 Å². The van der Waals surface area contributed by atoms with Crippen LogP contribution in [-0.4, -0.2) is 4.57 Å². The van der Waals surface area contributed by atoms with Gasteiger partial charge in [0.05, 0.1) is 10.2 Å². The normalized spacial score (nSPS) is 11.2. The monoisotopic (exact) mass is 385 g/mol. The van der Waals surface area contributed by atoms with E-state index in [1.807, 2.05) is 19.1 Å². The largest absolute Gasteiger partial charge is 0.273 e. The van der Waals surface area contributed by atoms with E-state index in [-0.39, 0.29) is 20.5 Å². The number of thiophene rings is 1. The molecule has 0 aliphatic heterocycles. The third-order valence-corrected chi connectivity index (χ3v) is 5.49. The lowest BCUT2D eigenvalue weighted by Crippen LogP contribution is -2.31. The van der Waals surface area contributed by atoms with E-state index >= 15 is 0 Å². The molecule has 3 aromatic rings. The maximum absolute atomic E-state index is 14.2. The van der Waals surface area contributed by atoms with Crippen molar-refractivity contribution < 1.29 is 8.78 Å². The molecular formula is C18H9F2N3OS2. The maximum Gasteiger partial charge on any atom is 0.273 e. The summed E-state index contributed by atoms with van der Waals surface area (Å²) in [6.07, 6.45) is 1.62. The van der Waals surface area contributed by atoms with E-state index in [2.05, 4.69) is 0 Å². The lowest BCUT2D eigenvalue weighted by molar-refractivity contribution is 0.576. The van der Waals surface area contributed by atoms with Crippen LogP contribution in [-0.2, 0) is 0 Å². The fraction of sp³-hybridized carbons (Fsp3) is 0.0556. The first-order chi connectivity index (χ1) is 12.4. The Hall–Kier alpha value is -3.07. The molecule has 0 radical (unpaired) electrons. The average Bonchev–Trinajstić information content (AvgIpc) is 3.14. The highest BCUT2D eigenvalue weighted by atomic mass is 32.1. The van der Waals surface area contributed by atoms with Crippen LogP contribution in [0.4, 0.5) is 8.78 Å². The second-order valence-electron chi connectivity index (χ2n) is 5.20. The van der Waals surface area contributed by atoms with Crippen LogP contribution in [0, 0.1) is 41.2 Å². The predicted molar refractivity (Wildman–Crippen MR) is 96.3 cm³/mol. The van der Waals surface area contributed by atoms with Crippen molar-refractivity contribution in [2.24, 2.45) is 0 Å². The zero-order valence-corrected chi connectivity index (χ0v) is 14.9. The smallest absolute Gasteiger partial charge is 0.267 e. The Morgan fingerprint density at radius 2 is 1.88 bits per heavy atom. The highest BCUT2D eigenvalue weighted by molar-refractivity contribution is 7.13. The van der Waals surface area contributed by atoms with Gasteiger partial charge < -0.3 is 0 Å². The minimum atomic E-state index is -0.958. The molecule has 2 heterocycles. The fourth-order valence-electron chi connectivity index (χ4n) is 2.31. The highest BCUT2D eigenvalue weighted by Gasteiger charge is 2.15. The van der Waals surface area contributed by atoms with Crippen LogP contribution in [0.1, 0.15) is 9.75 Å². The molecule has 128 valence electrons. The Balaban J connectivity index is 2.43. The van der Waals surface area contributed by atoms with Gasteiger partial charge in [0, 0.05) is 15.8 Å². The number of aromatic nitrogens is 1. The molecule has 0 aliphatic carbocycles. The van der Waals surface area contributed by atoms with Crippen LogP contribution in [0.5, 0.6) is 0 Å². The first kappa shape index (κ1) is 17.7. The molecule has 0 saturated carbocycles. The molecule has 0 atom stereocenters. The van der Waals surface area contributed by atoms with Crippen molar-refractivity contribution in [1.29, 1.82) is 10.5 Å². The molecule has 0 saturated heterocycles. The summed E-state index contributed by atoms with van der Waals surface area (Å²) in [4.78, 5) is 14.7. The molecule has 0 amide bonds. The van der Waals surface area contributed by atoms with E-state index in [4.69, 9.17) is 0 Å². The van der Waals surface area contributed by atoms with Gasteiger partial charge in [0.2, 0.25) is 0 Å². The molecule has 3 rings (SSSR count). The van der Waals surface area contributed by atoms with Gasteiger partial charge in [0.1, 0.15) is 28.4 Å². The van der Waals surface area contributed by atoms with Gasteiger partial charge in [-0.2, -0.15) is 10.5 Å². The Morgan fingerprint density at radius 1 is 1.15 bits per heavy atom. The van der Waals surface area contributed by atoms with Crippen molar-refractivity contribution >= 4 is 34.3 Å². The molecular weight excluding hydrogens is 376 g/mol. The Kier molecular flexibility index (Phi) is 4.81. The number of thiazole rings is 1. The number of rotatable bonds is 2. The van der Waals surface area contributed by atoms with Gasteiger partial charge in [-0.05, 0) is 37.3 Å². The molecule has 0 spiro atoms. The number of nitrogens with zero attached hydrogens (tertiary/aromatic N) is 3. The molecule has 0 N–H and O–H groups in total. The summed E-state index contributed by atoms with van der Waals surface area (Å²) in [6.45, 7) is 1.92. The van der Waals surface area contributed by atoms with E-state index < -0.39 is 17.2 Å². The van der Waals surface area contributed by atoms with Crippen molar-refractivity contribution in [3.63, 3.8) is 0 Å². The summed E-state index contributed by atoms with van der Waals surface area (Å²) in [7, 11) is 0. The number of hydrogen-bond donors (Lipinski definition) is 0. The second-order valence-corrected chi connectivity index (χ2v) is 7.55. The Bertz CT molecular complexity index is 1250. The average molecular weight is 385 g/mol. The van der Waals surface area contributed by atoms with E-state index in [0.29, 0.717) is 6.07 Å². The van der Waals surface area contributed by atoms with Crippen molar-refractivity contribution in [1.82, 2.24) is 4.57 Å². The highest BCUT2D eigenvalue weighted by Crippen LogP contribution is 2.16. The summed E-state index contributed by atoms with van der Waals surface area (Å²) in [5.74, 6) is -1.75. The van der Waals surface area contributed by atoms with Crippen LogP contribution in [0.25, 0.3) is 17.3 Å². The van der Waals surface area contributed by atoms with E-state index in [1.54, 1.807) is 18.2 Å². The molecule has 0 fully saturated rings. The first-order valence-corrected chi connectivity index (χ1v) is 8.88. The minimum Gasteiger partial charge on any atom is -0.267 e. The molecule has 1 aromatic carbocycles. The Morgan fingerprint density at radius 3 is 2.46 bits per heavy atom. The standard InChI is InChI=1S/C18H9F2N3OS2/c1-10-2-4-13(25-10)7-16-17(24)23(18(26-16)11(8-21)9-22)15-5-3-12(19)6-14(15)20/h2-7H,1H3/b16-7-. The minimum absolute atomic E-state index is 0.00466. The van der Waals surface area contributed by atoms with Crippen LogP contribution >= 0.6 is 22.7 Å². The number of hydrogen-bond acceptors (Lipinski definition) is 5. The van der Waals surface area contributed by atoms with Gasteiger partial charge in [-0.1, -0.05) is 0 Å². The third-order valence-electron chi connectivity index (χ3n) is 3.45. The van der Waals surface area contributed by atoms with Gasteiger partial charge in [-0.15, -0.1) is 22.7 Å². The van der Waals surface area contributed by atoms with Crippen molar-refractivity contribution in [2.75, 3.05) is 0 Å². The van der Waals surface area contributed by atoms with E-state index in [9.17, 15) is 24.1 Å². The van der Waals surface area contributed by atoms with Crippen molar-refractivity contribution in [3.8, 4) is 17.8 Å². The predicted octanol–water partition coefficient (Wildman–Crippen LogP) is 2.57. The molecule has 8 heteroatoms. The van der Waals surface area contributed by atoms with E-state index in [1.165, 1.54) is 11.3 Å². The van der Waals surface area contributed by atoms with Crippen LogP contribution < -0.4 is 14.8 Å². The lowest BCUT2D eigenvalue weighted by Gasteiger charge is -2.03. The zero-order valence-electron chi connectivity index (χ0n) is 13.3. The molecule has 4 nitrogen and oxygen atoms in total. The zero-order chi connectivity index (χ0) is 18.8. The van der Waals surface area contributed by atoms with Gasteiger partial charge in [-0.25, -0.2) is 8.78 Å². The van der Waals surface area contributed by atoms with Crippen molar-refractivity contribution in [3.05, 3.63) is 71.3 Å². The van der Waals surface area contributed by atoms with Crippen LogP contribution in [0.15, 0.2) is 35.1 Å². The van der Waals surface area contributed by atoms with Gasteiger partial charge >= 0.3 is 0 Å². The number of aryl methyl sites for hydroxylation is 1. The molecule has 2 aromatic heterocycles. The van der Waals surface area contributed by atoms with Gasteiger partial charge in [-0.3, -0.25) is 9.36 Å². The summed E-state index contributed by atoms with van der Waals surface area (Å²) >= 11 is 2.38. The molecule has 26 heavy (non-hydrogen) atoms. The summed E-state index contributed by atoms with van der Waals surface area (Å²) in [6, 6.07) is 9.92. The third kappa shape index (κ3) is 3.21. The summed E-state index contributed by atoms with van der Waals surface area (Å²) < 4.78 is 28.6. The summed E-state index contributed by atoms with van der Waals surface area (Å²) in [5.41, 5.74) is -1.12. The SMILES string of the molecule is Cc1ccc(/C=c2\sc(=C(C#N)C#N)n(-c3ccc(F)cc3F)c2=O)s1. The lowest BCUT2D eigenvalue weighted by atomic mass is 10.3. The number of nitriles is 2. The first-order valence-electron chi connectivity index (χ1n) is 7.24. The molecule has 0 unspecified atom stereocenters. The maximum atomic E-state index is 14.2. The topological polar surface area (TPSA) is 69.6 Å². The number of halogens is 2.